The van der Waals surface area contributed by atoms with Crippen molar-refractivity contribution in [3.63, 3.8) is 0 Å². The van der Waals surface area contributed by atoms with E-state index in [0.717, 1.165) is 0 Å². The Morgan fingerprint density at radius 1 is 0.688 bits per heavy atom. The first-order valence-corrected chi connectivity index (χ1v) is 12.2. The molecule has 0 amide bonds. The molecule has 0 aliphatic carbocycles. The first-order valence-electron chi connectivity index (χ1n) is 6.18. The van der Waals surface area contributed by atoms with E-state index in [2.05, 4.69) is 20.8 Å². The number of unbranched alkanes of at least 4 members (excludes halogenated alkanes) is 3. The van der Waals surface area contributed by atoms with E-state index in [0.29, 0.717) is 0 Å². The van der Waals surface area contributed by atoms with Crippen LogP contribution in [0.4, 0.5) is 0 Å². The van der Waals surface area contributed by atoms with Gasteiger partial charge in [-0.15, -0.1) is 0 Å². The van der Waals surface area contributed by atoms with Crippen molar-refractivity contribution in [1.29, 1.82) is 0 Å². The van der Waals surface area contributed by atoms with Crippen molar-refractivity contribution in [1.82, 2.24) is 0 Å². The third-order valence-electron chi connectivity index (χ3n) is 2.65. The van der Waals surface area contributed by atoms with E-state index in [9.17, 15) is 0 Å². The Hall–Kier alpha value is 1.99. The third kappa shape index (κ3) is 18.4. The molecule has 0 heterocycles. The van der Waals surface area contributed by atoms with Gasteiger partial charge in [0.25, 0.3) is 0 Å². The molecule has 0 bridgehead atoms. The van der Waals surface area contributed by atoms with Gasteiger partial charge in [0.05, 0.1) is 0 Å². The van der Waals surface area contributed by atoms with E-state index in [4.69, 9.17) is 0 Å². The van der Waals surface area contributed by atoms with Crippen molar-refractivity contribution in [2.24, 2.45) is 0 Å². The van der Waals surface area contributed by atoms with Crippen LogP contribution in [-0.4, -0.2) is 38.6 Å². The van der Waals surface area contributed by atoms with Gasteiger partial charge in [0, 0.05) is 18.9 Å². The quantitative estimate of drug-likeness (QED) is 0.450. The van der Waals surface area contributed by atoms with Crippen molar-refractivity contribution in [2.45, 2.75) is 72.6 Å². The number of hydrogen-bond acceptors (Lipinski definition) is 0. The van der Waals surface area contributed by atoms with Gasteiger partial charge in [-0.25, -0.2) is 0 Å². The molecular weight excluding hydrogens is 289 g/mol. The standard InChI is InChI=1S/3C4H9.CH3.2Li.Sn/c3*1-3-4-2;;;;/h3*1,3-4H2,2H3;1H3;;;/q;;;-1;;+1;. The maximum absolute atomic E-state index is 2.33. The summed E-state index contributed by atoms with van der Waals surface area (Å²) in [4.78, 5) is 0. The number of rotatable bonds is 9. The fourth-order valence-corrected chi connectivity index (χ4v) is 11.1. The largest absolute Gasteiger partial charge is 1.00 e. The molecule has 2 radical (unpaired) electrons. The summed E-state index contributed by atoms with van der Waals surface area (Å²) in [6, 6.07) is 0. The van der Waals surface area contributed by atoms with E-state index in [1.54, 1.807) is 13.3 Å². The zero-order chi connectivity index (χ0) is 9.94. The monoisotopic (exact) mass is 320 g/mol. The number of hydrogen-bond donors (Lipinski definition) is 0. The molecule has 3 heteroatoms. The van der Waals surface area contributed by atoms with Gasteiger partial charge in [0.2, 0.25) is 0 Å². The predicted molar refractivity (Wildman–Crippen MR) is 77.1 cm³/mol. The van der Waals surface area contributed by atoms with Gasteiger partial charge in [-0.1, -0.05) is 0 Å². The molecule has 0 aromatic rings. The van der Waals surface area contributed by atoms with Crippen molar-refractivity contribution >= 4 is 38.6 Å². The van der Waals surface area contributed by atoms with Crippen LogP contribution in [0.15, 0.2) is 0 Å². The van der Waals surface area contributed by atoms with Gasteiger partial charge in [-0.05, 0) is 0 Å². The maximum Gasteiger partial charge on any atom is 1.00 e. The zero-order valence-corrected chi connectivity index (χ0v) is 15.7. The average molecular weight is 319 g/mol. The summed E-state index contributed by atoms with van der Waals surface area (Å²) in [6.45, 7) is 7.00. The molecule has 0 saturated heterocycles. The summed E-state index contributed by atoms with van der Waals surface area (Å²) >= 11 is -0.839. The molecule has 0 fully saturated rings. The summed E-state index contributed by atoms with van der Waals surface area (Å²) in [5.41, 5.74) is 0. The normalized spacial score (nSPS) is 9.00. The van der Waals surface area contributed by atoms with Gasteiger partial charge in [0.1, 0.15) is 0 Å². The van der Waals surface area contributed by atoms with Crippen LogP contribution in [0.5, 0.6) is 0 Å². The predicted octanol–water partition coefficient (Wildman–Crippen LogP) is 1.95. The van der Waals surface area contributed by atoms with Crippen molar-refractivity contribution < 1.29 is 18.9 Å². The summed E-state index contributed by atoms with van der Waals surface area (Å²) in [5.74, 6) is 0. The van der Waals surface area contributed by atoms with E-state index < -0.39 is 19.8 Å². The molecule has 0 aromatic carbocycles. The van der Waals surface area contributed by atoms with E-state index in [-0.39, 0.29) is 45.1 Å². The Labute approximate surface area is 136 Å². The average Bonchev–Trinajstić information content (AvgIpc) is 2.17. The zero-order valence-electron chi connectivity index (χ0n) is 12.9. The fourth-order valence-electron chi connectivity index (χ4n) is 1.66. The molecule has 0 unspecified atom stereocenters. The summed E-state index contributed by atoms with van der Waals surface area (Å²) in [5, 5.41) is 0. The van der Waals surface area contributed by atoms with Gasteiger partial charge >= 0.3 is 111 Å². The summed E-state index contributed by atoms with van der Waals surface area (Å²) < 4.78 is 5.04. The van der Waals surface area contributed by atoms with E-state index in [1.807, 2.05) is 0 Å². The van der Waals surface area contributed by atoms with Gasteiger partial charge in [-0.3, -0.25) is 0 Å². The van der Waals surface area contributed by atoms with Crippen LogP contribution < -0.4 is 18.9 Å². The van der Waals surface area contributed by atoms with Crippen LogP contribution in [0.3, 0.4) is 0 Å². The second-order valence-corrected chi connectivity index (χ2v) is 12.6. The fraction of sp³-hybridized carbons (Fsp3) is 0.923. The minimum Gasteiger partial charge on any atom is -0.358 e. The molecule has 0 saturated carbocycles. The van der Waals surface area contributed by atoms with Crippen LogP contribution in [0.25, 0.3) is 0 Å². The molecule has 0 atom stereocenters. The Balaban J connectivity index is -0.000000240. The first-order chi connectivity index (χ1) is 6.35. The van der Waals surface area contributed by atoms with Crippen LogP contribution >= 0.6 is 0 Å². The minimum absolute atomic E-state index is 0. The molecule has 0 aliphatic heterocycles. The van der Waals surface area contributed by atoms with Gasteiger partial charge < -0.3 is 7.43 Å². The maximum atomic E-state index is 2.33. The van der Waals surface area contributed by atoms with Crippen LogP contribution in [0, 0.1) is 7.43 Å². The molecule has 88 valence electrons. The smallest absolute Gasteiger partial charge is 0.358 e. The Morgan fingerprint density at radius 2 is 0.938 bits per heavy atom. The second-order valence-electron chi connectivity index (χ2n) is 4.06. The first kappa shape index (κ1) is 26.5. The molecular formula is C13H30Li2Sn. The van der Waals surface area contributed by atoms with Gasteiger partial charge in [-0.2, -0.15) is 0 Å². The van der Waals surface area contributed by atoms with Crippen molar-refractivity contribution in [3.05, 3.63) is 7.43 Å². The van der Waals surface area contributed by atoms with E-state index >= 15 is 0 Å². The van der Waals surface area contributed by atoms with Crippen molar-refractivity contribution in [2.75, 3.05) is 0 Å². The molecule has 16 heavy (non-hydrogen) atoms. The molecule has 0 aliphatic rings. The topological polar surface area (TPSA) is 0 Å². The molecule has 0 rings (SSSR count). The second kappa shape index (κ2) is 22.2. The summed E-state index contributed by atoms with van der Waals surface area (Å²) in [6.07, 6.45) is 8.85. The molecule has 0 N–H and O–H groups in total. The van der Waals surface area contributed by atoms with Crippen LogP contribution in [0.2, 0.25) is 13.3 Å². The Morgan fingerprint density at radius 3 is 1.12 bits per heavy atom. The molecule has 0 nitrogen and oxygen atoms in total. The molecule has 0 spiro atoms. The minimum atomic E-state index is -0.839. The van der Waals surface area contributed by atoms with Gasteiger partial charge in [0.15, 0.2) is 0 Å². The third-order valence-corrected chi connectivity index (χ3v) is 11.7. The van der Waals surface area contributed by atoms with E-state index in [1.165, 1.54) is 38.5 Å². The van der Waals surface area contributed by atoms with Crippen LogP contribution in [0.1, 0.15) is 59.3 Å². The Kier molecular flexibility index (Phi) is 36.8. The Bertz CT molecular complexity index is 80.9. The SMILES string of the molecule is CCC[CH2][Sn]([CH2]CCC)[CH2]CCC.[CH3-].[Li+].[Li]. The molecule has 0 aromatic heterocycles. The summed E-state index contributed by atoms with van der Waals surface area (Å²) in [7, 11) is 0. The van der Waals surface area contributed by atoms with Crippen LogP contribution in [-0.2, 0) is 0 Å². The van der Waals surface area contributed by atoms with Crippen molar-refractivity contribution in [3.8, 4) is 0 Å².